The number of nitrogens with zero attached hydrogens (tertiary/aromatic N) is 1. The Morgan fingerprint density at radius 3 is 2.96 bits per heavy atom. The van der Waals surface area contributed by atoms with Crippen molar-refractivity contribution in [1.29, 1.82) is 0 Å². The molecule has 2 aromatic rings. The van der Waals surface area contributed by atoms with Crippen LogP contribution in [-0.2, 0) is 11.3 Å². The second-order valence-corrected chi connectivity index (χ2v) is 5.96. The van der Waals surface area contributed by atoms with Crippen LogP contribution in [0.15, 0.2) is 48.8 Å². The summed E-state index contributed by atoms with van der Waals surface area (Å²) < 4.78 is 11.5. The third-order valence-corrected chi connectivity index (χ3v) is 4.01. The third-order valence-electron chi connectivity index (χ3n) is 4.01. The van der Waals surface area contributed by atoms with Crippen LogP contribution in [0.2, 0.25) is 0 Å². The highest BCUT2D eigenvalue weighted by atomic mass is 16.5. The number of benzene rings is 1. The summed E-state index contributed by atoms with van der Waals surface area (Å²) in [6.07, 6.45) is 6.85. The van der Waals surface area contributed by atoms with Crippen molar-refractivity contribution in [3.05, 3.63) is 54.4 Å². The molecule has 1 fully saturated rings. The molecular weight excluding hydrogens is 318 g/mol. The Bertz CT molecular complexity index is 673. The van der Waals surface area contributed by atoms with Crippen LogP contribution in [0, 0.1) is 0 Å². The molecule has 0 radical (unpaired) electrons. The van der Waals surface area contributed by atoms with E-state index in [0.717, 1.165) is 25.0 Å². The van der Waals surface area contributed by atoms with Gasteiger partial charge in [-0.05, 0) is 43.0 Å². The van der Waals surface area contributed by atoms with E-state index in [-0.39, 0.29) is 12.1 Å². The van der Waals surface area contributed by atoms with Crippen LogP contribution in [0.3, 0.4) is 0 Å². The van der Waals surface area contributed by atoms with Gasteiger partial charge in [-0.1, -0.05) is 18.2 Å². The number of hydrogen-bond acceptors (Lipinski definition) is 4. The molecule has 1 aliphatic rings. The molecule has 2 heterocycles. The van der Waals surface area contributed by atoms with Gasteiger partial charge in [-0.2, -0.15) is 0 Å². The molecule has 2 amide bonds. The molecule has 0 spiro atoms. The number of urea groups is 1. The number of ether oxygens (including phenoxy) is 2. The molecule has 1 aromatic carbocycles. The summed E-state index contributed by atoms with van der Waals surface area (Å²) in [4.78, 5) is 16.1. The standard InChI is InChI=1S/C19H23N3O3/c23-19(21-13-15-6-5-10-20-12-15)22-17-8-1-2-9-18(17)25-14-16-7-3-4-11-24-16/h1-2,5-6,8-10,12,16H,3-4,7,11,13-14H2,(H2,21,22,23). The Hall–Kier alpha value is -2.60. The molecule has 0 bridgehead atoms. The lowest BCUT2D eigenvalue weighted by Gasteiger charge is -2.23. The second kappa shape index (κ2) is 9.03. The summed E-state index contributed by atoms with van der Waals surface area (Å²) >= 11 is 0. The first kappa shape index (κ1) is 17.2. The van der Waals surface area contributed by atoms with Crippen molar-refractivity contribution in [2.45, 2.75) is 31.9 Å². The van der Waals surface area contributed by atoms with Crippen LogP contribution in [-0.4, -0.2) is 30.3 Å². The fourth-order valence-corrected chi connectivity index (χ4v) is 2.67. The Kier molecular flexibility index (Phi) is 6.23. The molecule has 1 atom stereocenters. The minimum atomic E-state index is -0.284. The van der Waals surface area contributed by atoms with Crippen molar-refractivity contribution in [2.75, 3.05) is 18.5 Å². The fourth-order valence-electron chi connectivity index (χ4n) is 2.67. The van der Waals surface area contributed by atoms with Crippen LogP contribution in [0.25, 0.3) is 0 Å². The smallest absolute Gasteiger partial charge is 0.319 e. The van der Waals surface area contributed by atoms with Crippen molar-refractivity contribution in [3.63, 3.8) is 0 Å². The second-order valence-electron chi connectivity index (χ2n) is 5.96. The summed E-state index contributed by atoms with van der Waals surface area (Å²) in [5.41, 5.74) is 1.58. The van der Waals surface area contributed by atoms with Crippen molar-refractivity contribution in [3.8, 4) is 5.75 Å². The number of rotatable bonds is 6. The predicted molar refractivity (Wildman–Crippen MR) is 95.6 cm³/mol. The van der Waals surface area contributed by atoms with Gasteiger partial charge < -0.3 is 20.1 Å². The van der Waals surface area contributed by atoms with E-state index in [2.05, 4.69) is 15.6 Å². The lowest BCUT2D eigenvalue weighted by molar-refractivity contribution is -0.0109. The van der Waals surface area contributed by atoms with E-state index in [9.17, 15) is 4.79 Å². The zero-order valence-electron chi connectivity index (χ0n) is 14.1. The summed E-state index contributed by atoms with van der Waals surface area (Å²) in [7, 11) is 0. The van der Waals surface area contributed by atoms with E-state index >= 15 is 0 Å². The summed E-state index contributed by atoms with van der Waals surface area (Å²) in [5.74, 6) is 0.646. The van der Waals surface area contributed by atoms with E-state index in [1.54, 1.807) is 12.4 Å². The van der Waals surface area contributed by atoms with Crippen molar-refractivity contribution >= 4 is 11.7 Å². The molecular formula is C19H23N3O3. The Balaban J connectivity index is 1.52. The molecule has 1 saturated heterocycles. The predicted octanol–water partition coefficient (Wildman–Crippen LogP) is 3.35. The van der Waals surface area contributed by atoms with Crippen molar-refractivity contribution in [2.24, 2.45) is 0 Å². The van der Waals surface area contributed by atoms with Gasteiger partial charge in [0.25, 0.3) is 0 Å². The summed E-state index contributed by atoms with van der Waals surface area (Å²) in [6, 6.07) is 10.9. The summed E-state index contributed by atoms with van der Waals surface area (Å²) in [5, 5.41) is 5.64. The maximum absolute atomic E-state index is 12.1. The highest BCUT2D eigenvalue weighted by molar-refractivity contribution is 5.90. The topological polar surface area (TPSA) is 72.5 Å². The van der Waals surface area contributed by atoms with Gasteiger partial charge in [0.2, 0.25) is 0 Å². The van der Waals surface area contributed by atoms with Crippen LogP contribution < -0.4 is 15.4 Å². The molecule has 3 rings (SSSR count). The van der Waals surface area contributed by atoms with Gasteiger partial charge in [-0.3, -0.25) is 4.98 Å². The van der Waals surface area contributed by atoms with Crippen molar-refractivity contribution < 1.29 is 14.3 Å². The zero-order chi connectivity index (χ0) is 17.3. The average Bonchev–Trinajstić information content (AvgIpc) is 2.67. The first-order valence-corrected chi connectivity index (χ1v) is 8.58. The molecule has 6 heteroatoms. The number of para-hydroxylation sites is 2. The summed E-state index contributed by atoms with van der Waals surface area (Å²) in [6.45, 7) is 1.71. The Morgan fingerprint density at radius 1 is 1.24 bits per heavy atom. The minimum absolute atomic E-state index is 0.126. The molecule has 25 heavy (non-hydrogen) atoms. The van der Waals surface area contributed by atoms with Gasteiger partial charge in [-0.15, -0.1) is 0 Å². The van der Waals surface area contributed by atoms with E-state index in [0.29, 0.717) is 24.6 Å². The Morgan fingerprint density at radius 2 is 2.16 bits per heavy atom. The van der Waals surface area contributed by atoms with Gasteiger partial charge in [0, 0.05) is 25.5 Å². The first-order valence-electron chi connectivity index (χ1n) is 8.58. The van der Waals surface area contributed by atoms with Crippen LogP contribution in [0.1, 0.15) is 24.8 Å². The van der Waals surface area contributed by atoms with Crippen LogP contribution in [0.5, 0.6) is 5.75 Å². The first-order chi connectivity index (χ1) is 12.3. The maximum Gasteiger partial charge on any atom is 0.319 e. The van der Waals surface area contributed by atoms with E-state index in [1.165, 1.54) is 6.42 Å². The lowest BCUT2D eigenvalue weighted by Crippen LogP contribution is -2.29. The fraction of sp³-hybridized carbons (Fsp3) is 0.368. The SMILES string of the molecule is O=C(NCc1cccnc1)Nc1ccccc1OCC1CCCCO1. The molecule has 2 N–H and O–H groups in total. The number of aromatic nitrogens is 1. The number of carbonyl (C=O) groups is 1. The Labute approximate surface area is 147 Å². The third kappa shape index (κ3) is 5.46. The number of pyridine rings is 1. The van der Waals surface area contributed by atoms with E-state index in [4.69, 9.17) is 9.47 Å². The number of amides is 2. The largest absolute Gasteiger partial charge is 0.489 e. The molecule has 0 aliphatic carbocycles. The van der Waals surface area contributed by atoms with Crippen molar-refractivity contribution in [1.82, 2.24) is 10.3 Å². The number of hydrogen-bond donors (Lipinski definition) is 2. The zero-order valence-corrected chi connectivity index (χ0v) is 14.1. The van der Waals surface area contributed by atoms with Crippen LogP contribution >= 0.6 is 0 Å². The van der Waals surface area contributed by atoms with Crippen LogP contribution in [0.4, 0.5) is 10.5 Å². The molecule has 1 unspecified atom stereocenters. The average molecular weight is 341 g/mol. The molecule has 1 aromatic heterocycles. The van der Waals surface area contributed by atoms with Gasteiger partial charge in [0.05, 0.1) is 11.8 Å². The maximum atomic E-state index is 12.1. The molecule has 6 nitrogen and oxygen atoms in total. The molecule has 1 aliphatic heterocycles. The van der Waals surface area contributed by atoms with Gasteiger partial charge in [0.1, 0.15) is 12.4 Å². The number of carbonyl (C=O) groups excluding carboxylic acids is 1. The molecule has 0 saturated carbocycles. The van der Waals surface area contributed by atoms with Gasteiger partial charge in [0.15, 0.2) is 0 Å². The highest BCUT2D eigenvalue weighted by Crippen LogP contribution is 2.25. The van der Waals surface area contributed by atoms with Gasteiger partial charge >= 0.3 is 6.03 Å². The van der Waals surface area contributed by atoms with E-state index < -0.39 is 0 Å². The van der Waals surface area contributed by atoms with Gasteiger partial charge in [-0.25, -0.2) is 4.79 Å². The highest BCUT2D eigenvalue weighted by Gasteiger charge is 2.15. The number of anilines is 1. The lowest BCUT2D eigenvalue weighted by atomic mass is 10.1. The normalized spacial score (nSPS) is 16.9. The minimum Gasteiger partial charge on any atom is -0.489 e. The monoisotopic (exact) mass is 341 g/mol. The van der Waals surface area contributed by atoms with E-state index in [1.807, 2.05) is 36.4 Å². The molecule has 132 valence electrons. The quantitative estimate of drug-likeness (QED) is 0.845. The number of nitrogens with one attached hydrogen (secondary N) is 2.